The molecule has 8 nitrogen and oxygen atoms in total. The maximum Gasteiger partial charge on any atom is 0.253 e. The van der Waals surface area contributed by atoms with Crippen molar-refractivity contribution in [1.82, 2.24) is 25.1 Å². The Morgan fingerprint density at radius 1 is 1.16 bits per heavy atom. The quantitative estimate of drug-likeness (QED) is 0.792. The van der Waals surface area contributed by atoms with Crippen molar-refractivity contribution in [2.24, 2.45) is 5.92 Å². The predicted molar refractivity (Wildman–Crippen MR) is 116 cm³/mol. The van der Waals surface area contributed by atoms with Crippen molar-refractivity contribution in [3.05, 3.63) is 60.2 Å². The second-order valence-electron chi connectivity index (χ2n) is 8.07. The van der Waals surface area contributed by atoms with Crippen molar-refractivity contribution in [2.75, 3.05) is 20.6 Å². The molecule has 1 saturated heterocycles. The molecule has 1 aliphatic heterocycles. The van der Waals surface area contributed by atoms with E-state index in [1.54, 1.807) is 54.6 Å². The number of pyridine rings is 2. The van der Waals surface area contributed by atoms with Gasteiger partial charge in [0, 0.05) is 70.4 Å². The molecular weight excluding hydrogens is 394 g/mol. The standard InChI is InChI=1S/C23H29N5O3/c1-27-16-20(26-22(30)19-8-5-11-25-14-19)9-3-7-18(12-21(27)29)23(31)28(2)15-17-6-4-10-24-13-17/h4-6,8,10-11,13-14,18,20H,3,7,9,12,15-16H2,1-2H3,(H,26,30)/t18-,20-/m1/s1. The van der Waals surface area contributed by atoms with Gasteiger partial charge >= 0.3 is 0 Å². The van der Waals surface area contributed by atoms with E-state index in [-0.39, 0.29) is 36.1 Å². The number of likely N-dealkylation sites (N-methyl/N-ethyl adjacent to an activating group) is 1. The van der Waals surface area contributed by atoms with Crippen LogP contribution in [0, 0.1) is 5.92 Å². The fraction of sp³-hybridized carbons (Fsp3) is 0.435. The summed E-state index contributed by atoms with van der Waals surface area (Å²) < 4.78 is 0. The summed E-state index contributed by atoms with van der Waals surface area (Å²) in [5.41, 5.74) is 1.43. The molecular formula is C23H29N5O3. The number of nitrogens with one attached hydrogen (secondary N) is 1. The van der Waals surface area contributed by atoms with E-state index in [2.05, 4.69) is 15.3 Å². The minimum atomic E-state index is -0.371. The summed E-state index contributed by atoms with van der Waals surface area (Å²) >= 11 is 0. The van der Waals surface area contributed by atoms with Gasteiger partial charge in [-0.3, -0.25) is 24.4 Å². The average Bonchev–Trinajstić information content (AvgIpc) is 2.84. The van der Waals surface area contributed by atoms with Gasteiger partial charge < -0.3 is 15.1 Å². The second-order valence-corrected chi connectivity index (χ2v) is 8.07. The third-order valence-electron chi connectivity index (χ3n) is 5.57. The monoisotopic (exact) mass is 423 g/mol. The minimum absolute atomic E-state index is 0.0385. The number of carbonyl (C=O) groups excluding carboxylic acids is 3. The molecule has 2 aromatic rings. The third kappa shape index (κ3) is 6.34. The van der Waals surface area contributed by atoms with Gasteiger partial charge in [-0.1, -0.05) is 12.5 Å². The molecule has 3 heterocycles. The van der Waals surface area contributed by atoms with Crippen LogP contribution >= 0.6 is 0 Å². The lowest BCUT2D eigenvalue weighted by Crippen LogP contribution is -2.44. The number of rotatable bonds is 5. The van der Waals surface area contributed by atoms with E-state index in [1.807, 2.05) is 12.1 Å². The molecule has 1 fully saturated rings. The zero-order valence-electron chi connectivity index (χ0n) is 18.0. The van der Waals surface area contributed by atoms with Gasteiger partial charge in [0.05, 0.1) is 5.56 Å². The van der Waals surface area contributed by atoms with E-state index in [0.29, 0.717) is 31.5 Å². The Hall–Kier alpha value is -3.29. The summed E-state index contributed by atoms with van der Waals surface area (Å²) in [6.07, 6.45) is 8.79. The fourth-order valence-corrected chi connectivity index (χ4v) is 3.85. The molecule has 3 rings (SSSR count). The Labute approximate surface area is 182 Å². The van der Waals surface area contributed by atoms with Gasteiger partial charge in [-0.2, -0.15) is 0 Å². The first-order valence-electron chi connectivity index (χ1n) is 10.5. The van der Waals surface area contributed by atoms with Crippen molar-refractivity contribution < 1.29 is 14.4 Å². The molecule has 2 atom stereocenters. The maximum atomic E-state index is 13.0. The van der Waals surface area contributed by atoms with Crippen molar-refractivity contribution >= 4 is 17.7 Å². The van der Waals surface area contributed by atoms with Crippen LogP contribution in [-0.2, 0) is 16.1 Å². The summed E-state index contributed by atoms with van der Waals surface area (Å²) in [5.74, 6) is -0.703. The molecule has 0 radical (unpaired) electrons. The Morgan fingerprint density at radius 2 is 1.90 bits per heavy atom. The van der Waals surface area contributed by atoms with Crippen molar-refractivity contribution in [3.63, 3.8) is 0 Å². The Bertz CT molecular complexity index is 891. The van der Waals surface area contributed by atoms with Crippen LogP contribution in [0.5, 0.6) is 0 Å². The summed E-state index contributed by atoms with van der Waals surface area (Å²) in [6.45, 7) is 0.869. The van der Waals surface area contributed by atoms with Crippen LogP contribution in [0.3, 0.4) is 0 Å². The van der Waals surface area contributed by atoms with Crippen molar-refractivity contribution in [3.8, 4) is 0 Å². The number of nitrogens with zero attached hydrogens (tertiary/aromatic N) is 4. The number of hydrogen-bond donors (Lipinski definition) is 1. The van der Waals surface area contributed by atoms with Crippen LogP contribution in [0.2, 0.25) is 0 Å². The lowest BCUT2D eigenvalue weighted by atomic mass is 9.95. The molecule has 8 heteroatoms. The van der Waals surface area contributed by atoms with Gasteiger partial charge in [-0.25, -0.2) is 0 Å². The van der Waals surface area contributed by atoms with E-state index < -0.39 is 0 Å². The number of amides is 3. The second kappa shape index (κ2) is 10.7. The molecule has 0 bridgehead atoms. The molecule has 0 unspecified atom stereocenters. The molecule has 0 aromatic carbocycles. The maximum absolute atomic E-state index is 13.0. The molecule has 2 aromatic heterocycles. The molecule has 0 saturated carbocycles. The topological polar surface area (TPSA) is 95.5 Å². The molecule has 1 aliphatic rings. The molecule has 164 valence electrons. The lowest BCUT2D eigenvalue weighted by molar-refractivity contribution is -0.140. The fourth-order valence-electron chi connectivity index (χ4n) is 3.85. The Balaban J connectivity index is 1.62. The summed E-state index contributed by atoms with van der Waals surface area (Å²) in [6, 6.07) is 7.01. The highest BCUT2D eigenvalue weighted by Crippen LogP contribution is 2.21. The lowest BCUT2D eigenvalue weighted by Gasteiger charge is -2.25. The van der Waals surface area contributed by atoms with E-state index in [9.17, 15) is 14.4 Å². The van der Waals surface area contributed by atoms with Crippen molar-refractivity contribution in [1.29, 1.82) is 0 Å². The van der Waals surface area contributed by atoms with Crippen molar-refractivity contribution in [2.45, 2.75) is 38.3 Å². The van der Waals surface area contributed by atoms with Crippen LogP contribution in [0.4, 0.5) is 0 Å². The molecule has 0 aliphatic carbocycles. The smallest absolute Gasteiger partial charge is 0.253 e. The summed E-state index contributed by atoms with van der Waals surface area (Å²) in [5, 5.41) is 3.01. The first kappa shape index (κ1) is 22.4. The van der Waals surface area contributed by atoms with Gasteiger partial charge in [0.2, 0.25) is 11.8 Å². The van der Waals surface area contributed by atoms with Crippen LogP contribution < -0.4 is 5.32 Å². The van der Waals surface area contributed by atoms with Crippen LogP contribution in [0.1, 0.15) is 41.6 Å². The summed E-state index contributed by atoms with van der Waals surface area (Å²) in [7, 11) is 3.48. The number of aromatic nitrogens is 2. The van der Waals surface area contributed by atoms with Gasteiger partial charge in [0.1, 0.15) is 0 Å². The van der Waals surface area contributed by atoms with Gasteiger partial charge in [0.25, 0.3) is 5.91 Å². The zero-order chi connectivity index (χ0) is 22.2. The van der Waals surface area contributed by atoms with E-state index in [0.717, 1.165) is 12.0 Å². The van der Waals surface area contributed by atoms with E-state index in [1.165, 1.54) is 6.20 Å². The molecule has 1 N–H and O–H groups in total. The van der Waals surface area contributed by atoms with Crippen LogP contribution in [-0.4, -0.2) is 64.2 Å². The Kier molecular flexibility index (Phi) is 7.70. The first-order valence-corrected chi connectivity index (χ1v) is 10.5. The number of carbonyl (C=O) groups is 3. The molecule has 31 heavy (non-hydrogen) atoms. The van der Waals surface area contributed by atoms with Gasteiger partial charge in [0.15, 0.2) is 0 Å². The van der Waals surface area contributed by atoms with Crippen LogP contribution in [0.15, 0.2) is 49.1 Å². The number of hydrogen-bond acceptors (Lipinski definition) is 5. The highest BCUT2D eigenvalue weighted by molar-refractivity contribution is 5.94. The van der Waals surface area contributed by atoms with Gasteiger partial charge in [-0.15, -0.1) is 0 Å². The average molecular weight is 424 g/mol. The highest BCUT2D eigenvalue weighted by Gasteiger charge is 2.29. The minimum Gasteiger partial charge on any atom is -0.347 e. The van der Waals surface area contributed by atoms with Gasteiger partial charge in [-0.05, 0) is 36.6 Å². The largest absolute Gasteiger partial charge is 0.347 e. The van der Waals surface area contributed by atoms with E-state index in [4.69, 9.17) is 0 Å². The van der Waals surface area contributed by atoms with E-state index >= 15 is 0 Å². The SMILES string of the molecule is CN1C[C@H](NC(=O)c2cccnc2)CCC[C@@H](C(=O)N(C)Cc2cccnc2)CC1=O. The first-order chi connectivity index (χ1) is 14.9. The van der Waals surface area contributed by atoms with Crippen LogP contribution in [0.25, 0.3) is 0 Å². The third-order valence-corrected chi connectivity index (χ3v) is 5.57. The normalized spacial score (nSPS) is 19.7. The molecule has 0 spiro atoms. The predicted octanol–water partition coefficient (Wildman–Crippen LogP) is 1.88. The zero-order valence-corrected chi connectivity index (χ0v) is 18.0. The Morgan fingerprint density at radius 3 is 2.58 bits per heavy atom. The highest BCUT2D eigenvalue weighted by atomic mass is 16.2. The molecule has 3 amide bonds. The summed E-state index contributed by atoms with van der Waals surface area (Å²) in [4.78, 5) is 49.6.